The molecule has 1 aromatic rings. The number of allylic oxidation sites excluding steroid dienone is 4. The zero-order chi connectivity index (χ0) is 19.6. The number of nitrogens with zero attached hydrogens (tertiary/aromatic N) is 1. The summed E-state index contributed by atoms with van der Waals surface area (Å²) in [5, 5.41) is 38.6. The summed E-state index contributed by atoms with van der Waals surface area (Å²) in [6.45, 7) is -0.618. The predicted molar refractivity (Wildman–Crippen MR) is 91.2 cm³/mol. The van der Waals surface area contributed by atoms with E-state index in [2.05, 4.69) is 4.99 Å². The number of ether oxygens (including phenoxy) is 2. The summed E-state index contributed by atoms with van der Waals surface area (Å²) in [4.78, 5) is 15.2. The number of carbonyl (C=O) groups excluding carboxylic acids is 1. The minimum atomic E-state index is -1.64. The molecule has 1 heterocycles. The number of aliphatic hydroxyl groups excluding tert-OH is 4. The molecular weight excluding hydrogens is 361 g/mol. The maximum atomic E-state index is 14.3. The van der Waals surface area contributed by atoms with Gasteiger partial charge >= 0.3 is 0 Å². The third-order valence-electron chi connectivity index (χ3n) is 4.10. The van der Waals surface area contributed by atoms with Crippen molar-refractivity contribution in [1.82, 2.24) is 0 Å². The molecule has 0 saturated carbocycles. The van der Waals surface area contributed by atoms with Crippen LogP contribution in [0.25, 0.3) is 0 Å². The van der Waals surface area contributed by atoms with Crippen molar-refractivity contribution in [2.45, 2.75) is 30.7 Å². The number of hydrogen-bond donors (Lipinski definition) is 4. The second-order valence-corrected chi connectivity index (χ2v) is 6.04. The highest BCUT2D eigenvalue weighted by Gasteiger charge is 2.44. The monoisotopic (exact) mass is 379 g/mol. The summed E-state index contributed by atoms with van der Waals surface area (Å²) in [7, 11) is 0. The van der Waals surface area contributed by atoms with Crippen molar-refractivity contribution in [1.29, 1.82) is 0 Å². The maximum absolute atomic E-state index is 14.3. The Morgan fingerprint density at radius 2 is 1.78 bits per heavy atom. The van der Waals surface area contributed by atoms with E-state index in [4.69, 9.17) is 14.6 Å². The van der Waals surface area contributed by atoms with Gasteiger partial charge in [0.15, 0.2) is 17.3 Å². The van der Waals surface area contributed by atoms with Crippen LogP contribution in [0.15, 0.2) is 47.5 Å². The van der Waals surface area contributed by atoms with Gasteiger partial charge < -0.3 is 29.9 Å². The number of hydrogen-bond acceptors (Lipinski definition) is 8. The maximum Gasteiger partial charge on any atom is 0.229 e. The molecule has 4 N–H and O–H groups in total. The van der Waals surface area contributed by atoms with Crippen molar-refractivity contribution in [2.24, 2.45) is 4.99 Å². The fourth-order valence-electron chi connectivity index (χ4n) is 2.61. The first-order valence-corrected chi connectivity index (χ1v) is 8.14. The van der Waals surface area contributed by atoms with Crippen molar-refractivity contribution < 1.29 is 39.1 Å². The molecule has 0 bridgehead atoms. The first-order chi connectivity index (χ1) is 12.9. The Kier molecular flexibility index (Phi) is 5.78. The number of aliphatic hydroxyl groups is 4. The van der Waals surface area contributed by atoms with Crippen molar-refractivity contribution in [3.63, 3.8) is 0 Å². The number of benzene rings is 1. The Hall–Kier alpha value is -2.43. The van der Waals surface area contributed by atoms with E-state index in [1.54, 1.807) is 0 Å². The van der Waals surface area contributed by atoms with Gasteiger partial charge in [-0.25, -0.2) is 9.38 Å². The van der Waals surface area contributed by atoms with Gasteiger partial charge in [-0.15, -0.1) is 0 Å². The molecular formula is C18H18FNO7. The van der Waals surface area contributed by atoms with Crippen LogP contribution in [0.1, 0.15) is 0 Å². The highest BCUT2D eigenvalue weighted by molar-refractivity contribution is 6.17. The molecule has 0 unspecified atom stereocenters. The normalized spacial score (nSPS) is 30.5. The van der Waals surface area contributed by atoms with E-state index in [1.807, 2.05) is 0 Å². The number of carbonyl (C=O) groups is 1. The molecule has 5 atom stereocenters. The van der Waals surface area contributed by atoms with Gasteiger partial charge in [0.2, 0.25) is 6.29 Å². The quantitative estimate of drug-likeness (QED) is 0.532. The molecule has 144 valence electrons. The standard InChI is InChI=1S/C18H18FNO7/c19-12-7-10(20-9-1-4-11(22)5-2-9)3-6-13(12)26-18-17(25)16(24)15(23)14(8-21)27-18/h1-7,14-18,21,23-25H,8H2/t14-,15-,16+,17-,18-/m1/s1. The smallest absolute Gasteiger partial charge is 0.229 e. The number of rotatable bonds is 4. The van der Waals surface area contributed by atoms with E-state index in [0.29, 0.717) is 5.71 Å². The van der Waals surface area contributed by atoms with Crippen LogP contribution >= 0.6 is 0 Å². The van der Waals surface area contributed by atoms with Gasteiger partial charge in [0.05, 0.1) is 18.0 Å². The number of halogens is 1. The van der Waals surface area contributed by atoms with Crippen LogP contribution in [0.3, 0.4) is 0 Å². The molecule has 8 nitrogen and oxygen atoms in total. The minimum Gasteiger partial charge on any atom is -0.459 e. The number of ketones is 1. The largest absolute Gasteiger partial charge is 0.459 e. The Balaban J connectivity index is 1.74. The first kappa shape index (κ1) is 19.3. The van der Waals surface area contributed by atoms with Gasteiger partial charge in [-0.1, -0.05) is 0 Å². The topological polar surface area (TPSA) is 129 Å². The first-order valence-electron chi connectivity index (χ1n) is 8.14. The van der Waals surface area contributed by atoms with Crippen LogP contribution in [-0.2, 0) is 9.53 Å². The van der Waals surface area contributed by atoms with Gasteiger partial charge in [-0.05, 0) is 36.4 Å². The molecule has 0 spiro atoms. The molecule has 1 aromatic carbocycles. The zero-order valence-electron chi connectivity index (χ0n) is 14.0. The molecule has 1 aliphatic carbocycles. The molecule has 0 radical (unpaired) electrons. The van der Waals surface area contributed by atoms with Crippen molar-refractivity contribution in [2.75, 3.05) is 6.61 Å². The predicted octanol–water partition coefficient (Wildman–Crippen LogP) is -0.228. The summed E-state index contributed by atoms with van der Waals surface area (Å²) in [6.07, 6.45) is -1.76. The lowest BCUT2D eigenvalue weighted by atomic mass is 9.99. The summed E-state index contributed by atoms with van der Waals surface area (Å²) in [6, 6.07) is 3.80. The molecule has 27 heavy (non-hydrogen) atoms. The Labute approximate surface area is 153 Å². The average Bonchev–Trinajstić information content (AvgIpc) is 2.66. The molecule has 9 heteroatoms. The second kappa shape index (κ2) is 8.07. The third kappa shape index (κ3) is 4.29. The van der Waals surface area contributed by atoms with E-state index in [-0.39, 0.29) is 17.2 Å². The van der Waals surface area contributed by atoms with Gasteiger partial charge in [0.1, 0.15) is 24.4 Å². The molecule has 1 aliphatic heterocycles. The van der Waals surface area contributed by atoms with Crippen LogP contribution in [0, 0.1) is 5.82 Å². The lowest BCUT2D eigenvalue weighted by Gasteiger charge is -2.39. The van der Waals surface area contributed by atoms with Gasteiger partial charge in [0, 0.05) is 6.07 Å². The van der Waals surface area contributed by atoms with Crippen LogP contribution in [0.4, 0.5) is 10.1 Å². The van der Waals surface area contributed by atoms with Crippen molar-refractivity contribution in [3.05, 3.63) is 48.3 Å². The summed E-state index contributed by atoms with van der Waals surface area (Å²) >= 11 is 0. The fourth-order valence-corrected chi connectivity index (χ4v) is 2.61. The Bertz CT molecular complexity index is 787. The number of aliphatic imine (C=N–C) groups is 1. The van der Waals surface area contributed by atoms with Gasteiger partial charge in [-0.2, -0.15) is 0 Å². The lowest BCUT2D eigenvalue weighted by Crippen LogP contribution is -2.60. The van der Waals surface area contributed by atoms with Crippen LogP contribution < -0.4 is 4.74 Å². The zero-order valence-corrected chi connectivity index (χ0v) is 14.0. The Morgan fingerprint density at radius 1 is 1.07 bits per heavy atom. The average molecular weight is 379 g/mol. The van der Waals surface area contributed by atoms with Crippen molar-refractivity contribution >= 4 is 17.2 Å². The molecule has 0 aromatic heterocycles. The molecule has 2 aliphatic rings. The molecule has 1 fully saturated rings. The summed E-state index contributed by atoms with van der Waals surface area (Å²) in [5.74, 6) is -1.23. The van der Waals surface area contributed by atoms with Crippen molar-refractivity contribution in [3.8, 4) is 5.75 Å². The van der Waals surface area contributed by atoms with Gasteiger partial charge in [-0.3, -0.25) is 4.79 Å². The lowest BCUT2D eigenvalue weighted by molar-refractivity contribution is -0.277. The van der Waals surface area contributed by atoms with E-state index in [9.17, 15) is 24.5 Å². The molecule has 3 rings (SSSR count). The van der Waals surface area contributed by atoms with E-state index < -0.39 is 43.1 Å². The highest BCUT2D eigenvalue weighted by atomic mass is 19.1. The summed E-state index contributed by atoms with van der Waals surface area (Å²) in [5.41, 5.74) is 0.740. The molecule has 1 saturated heterocycles. The van der Waals surface area contributed by atoms with Crippen LogP contribution in [0.2, 0.25) is 0 Å². The van der Waals surface area contributed by atoms with Crippen LogP contribution in [0.5, 0.6) is 5.75 Å². The third-order valence-corrected chi connectivity index (χ3v) is 4.10. The highest BCUT2D eigenvalue weighted by Crippen LogP contribution is 2.28. The fraction of sp³-hybridized carbons (Fsp3) is 0.333. The molecule has 0 amide bonds. The second-order valence-electron chi connectivity index (χ2n) is 6.04. The Morgan fingerprint density at radius 3 is 2.41 bits per heavy atom. The van der Waals surface area contributed by atoms with E-state index in [1.165, 1.54) is 36.4 Å². The SMILES string of the molecule is O=C1C=CC(=Nc2ccc(O[C@@H]3O[C@H](CO)[C@@H](O)[C@H](O)[C@H]3O)c(F)c2)C=C1. The minimum absolute atomic E-state index is 0.164. The van der Waals surface area contributed by atoms with E-state index >= 15 is 0 Å². The van der Waals surface area contributed by atoms with Gasteiger partial charge in [0.25, 0.3) is 0 Å². The van der Waals surface area contributed by atoms with Crippen LogP contribution in [-0.4, -0.2) is 69.2 Å². The summed E-state index contributed by atoms with van der Waals surface area (Å²) < 4.78 is 24.8. The van der Waals surface area contributed by atoms with E-state index in [0.717, 1.165) is 6.07 Å².